The van der Waals surface area contributed by atoms with Crippen molar-refractivity contribution < 1.29 is 18.7 Å². The van der Waals surface area contributed by atoms with Crippen molar-refractivity contribution in [1.82, 2.24) is 10.6 Å². The van der Waals surface area contributed by atoms with Gasteiger partial charge in [-0.3, -0.25) is 10.1 Å². The highest BCUT2D eigenvalue weighted by Gasteiger charge is 2.22. The number of furan rings is 1. The summed E-state index contributed by atoms with van der Waals surface area (Å²) in [5, 5.41) is 5.86. The Morgan fingerprint density at radius 1 is 1.63 bits per heavy atom. The summed E-state index contributed by atoms with van der Waals surface area (Å²) in [5.41, 5.74) is 0.390. The second kappa shape index (κ2) is 6.12. The highest BCUT2D eigenvalue weighted by molar-refractivity contribution is 7.99. The second-order valence-corrected chi connectivity index (χ2v) is 5.19. The molecule has 19 heavy (non-hydrogen) atoms. The maximum Gasteiger partial charge on any atom is 0.341 e. The van der Waals surface area contributed by atoms with Crippen LogP contribution in [0.1, 0.15) is 21.9 Å². The van der Waals surface area contributed by atoms with E-state index >= 15 is 0 Å². The molecule has 0 aromatic carbocycles. The van der Waals surface area contributed by atoms with Gasteiger partial charge in [0.1, 0.15) is 17.1 Å². The van der Waals surface area contributed by atoms with Crippen molar-refractivity contribution in [1.29, 1.82) is 0 Å². The summed E-state index contributed by atoms with van der Waals surface area (Å²) in [6, 6.07) is 1.44. The number of esters is 1. The van der Waals surface area contributed by atoms with Gasteiger partial charge in [-0.25, -0.2) is 4.79 Å². The number of aryl methyl sites for hydroxylation is 1. The van der Waals surface area contributed by atoms with Gasteiger partial charge < -0.3 is 14.5 Å². The van der Waals surface area contributed by atoms with Crippen LogP contribution in [0.3, 0.4) is 0 Å². The van der Waals surface area contributed by atoms with Crippen LogP contribution in [-0.4, -0.2) is 36.7 Å². The number of thioether (sulfide) groups is 1. The highest BCUT2D eigenvalue weighted by atomic mass is 32.2. The van der Waals surface area contributed by atoms with E-state index in [1.807, 2.05) is 0 Å². The van der Waals surface area contributed by atoms with E-state index in [0.29, 0.717) is 17.1 Å². The van der Waals surface area contributed by atoms with Gasteiger partial charge in [-0.15, -0.1) is 11.8 Å². The third kappa shape index (κ3) is 3.30. The summed E-state index contributed by atoms with van der Waals surface area (Å²) in [6.45, 7) is 1.95. The van der Waals surface area contributed by atoms with Crippen LogP contribution < -0.4 is 10.6 Å². The summed E-state index contributed by atoms with van der Waals surface area (Å²) in [7, 11) is 1.32. The first kappa shape index (κ1) is 14.0. The predicted molar refractivity (Wildman–Crippen MR) is 70.9 cm³/mol. The zero-order valence-electron chi connectivity index (χ0n) is 10.8. The van der Waals surface area contributed by atoms with Crippen molar-refractivity contribution in [3.8, 4) is 0 Å². The molecule has 0 aliphatic carbocycles. The lowest BCUT2D eigenvalue weighted by Gasteiger charge is -2.08. The van der Waals surface area contributed by atoms with E-state index in [0.717, 1.165) is 11.6 Å². The molecule has 1 atom stereocenters. The van der Waals surface area contributed by atoms with Gasteiger partial charge in [0.25, 0.3) is 0 Å². The average Bonchev–Trinajstić information content (AvgIpc) is 3.04. The zero-order chi connectivity index (χ0) is 13.8. The van der Waals surface area contributed by atoms with E-state index in [1.165, 1.54) is 7.11 Å². The first-order chi connectivity index (χ1) is 9.11. The summed E-state index contributed by atoms with van der Waals surface area (Å²) < 4.78 is 10.0. The van der Waals surface area contributed by atoms with E-state index in [-0.39, 0.29) is 18.5 Å². The Morgan fingerprint density at radius 3 is 3.05 bits per heavy atom. The van der Waals surface area contributed by atoms with Crippen molar-refractivity contribution >= 4 is 23.6 Å². The molecular weight excluding hydrogens is 268 g/mol. The lowest BCUT2D eigenvalue weighted by molar-refractivity contribution is -0.122. The molecule has 0 spiro atoms. The molecule has 1 aliphatic rings. The number of rotatable bonds is 4. The molecule has 1 aromatic heterocycles. The van der Waals surface area contributed by atoms with Gasteiger partial charge in [0.2, 0.25) is 5.91 Å². The van der Waals surface area contributed by atoms with Crippen LogP contribution in [0.15, 0.2) is 10.5 Å². The number of methoxy groups -OCH3 is 1. The normalized spacial score (nSPS) is 18.3. The first-order valence-electron chi connectivity index (χ1n) is 5.88. The van der Waals surface area contributed by atoms with E-state index in [4.69, 9.17) is 4.42 Å². The molecule has 7 heteroatoms. The van der Waals surface area contributed by atoms with Crippen molar-refractivity contribution in [2.75, 3.05) is 18.7 Å². The van der Waals surface area contributed by atoms with Gasteiger partial charge in [-0.2, -0.15) is 0 Å². The van der Waals surface area contributed by atoms with Gasteiger partial charge in [-0.1, -0.05) is 0 Å². The molecule has 0 radical (unpaired) electrons. The Bertz CT molecular complexity index is 480. The minimum Gasteiger partial charge on any atom is -0.465 e. The lowest BCUT2D eigenvalue weighted by atomic mass is 10.2. The van der Waals surface area contributed by atoms with Crippen molar-refractivity contribution in [2.24, 2.45) is 0 Å². The van der Waals surface area contributed by atoms with Crippen LogP contribution in [0.5, 0.6) is 0 Å². The molecule has 1 aromatic rings. The van der Waals surface area contributed by atoms with E-state index < -0.39 is 5.97 Å². The molecular formula is C12H16N2O4S. The molecule has 1 aliphatic heterocycles. The molecule has 6 nitrogen and oxygen atoms in total. The van der Waals surface area contributed by atoms with Crippen molar-refractivity contribution in [3.05, 3.63) is 23.2 Å². The Balaban J connectivity index is 1.92. The van der Waals surface area contributed by atoms with Gasteiger partial charge in [0, 0.05) is 11.6 Å². The number of carbonyl (C=O) groups is 2. The Morgan fingerprint density at radius 2 is 2.42 bits per heavy atom. The van der Waals surface area contributed by atoms with Crippen LogP contribution in [0.4, 0.5) is 0 Å². The smallest absolute Gasteiger partial charge is 0.341 e. The Hall–Kier alpha value is -1.47. The number of nitrogens with one attached hydrogen (secondary N) is 2. The SMILES string of the molecule is COC(=O)c1cc(CNC(=O)C2CSCN2)oc1C. The zero-order valence-corrected chi connectivity index (χ0v) is 11.6. The first-order valence-corrected chi connectivity index (χ1v) is 7.03. The highest BCUT2D eigenvalue weighted by Crippen LogP contribution is 2.16. The van der Waals surface area contributed by atoms with Crippen molar-refractivity contribution in [3.63, 3.8) is 0 Å². The number of hydrogen-bond acceptors (Lipinski definition) is 6. The van der Waals surface area contributed by atoms with Gasteiger partial charge >= 0.3 is 5.97 Å². The van der Waals surface area contributed by atoms with Crippen molar-refractivity contribution in [2.45, 2.75) is 19.5 Å². The second-order valence-electron chi connectivity index (χ2n) is 4.16. The number of ether oxygens (including phenoxy) is 1. The molecule has 104 valence electrons. The molecule has 1 fully saturated rings. The largest absolute Gasteiger partial charge is 0.465 e. The number of hydrogen-bond donors (Lipinski definition) is 2. The maximum atomic E-state index is 11.8. The average molecular weight is 284 g/mol. The third-order valence-corrected chi connectivity index (χ3v) is 3.78. The monoisotopic (exact) mass is 284 g/mol. The Labute approximate surface area is 115 Å². The van der Waals surface area contributed by atoms with Crippen LogP contribution in [0.2, 0.25) is 0 Å². The van der Waals surface area contributed by atoms with E-state index in [2.05, 4.69) is 15.4 Å². The fraction of sp³-hybridized carbons (Fsp3) is 0.500. The van der Waals surface area contributed by atoms with Crippen LogP contribution >= 0.6 is 11.8 Å². The third-order valence-electron chi connectivity index (χ3n) is 2.84. The minimum absolute atomic E-state index is 0.0568. The molecule has 1 unspecified atom stereocenters. The maximum absolute atomic E-state index is 11.8. The minimum atomic E-state index is -0.437. The van der Waals surface area contributed by atoms with Crippen LogP contribution in [0, 0.1) is 6.92 Å². The van der Waals surface area contributed by atoms with Gasteiger partial charge in [0.05, 0.1) is 19.7 Å². The molecule has 1 saturated heterocycles. The quantitative estimate of drug-likeness (QED) is 0.790. The molecule has 0 saturated carbocycles. The fourth-order valence-corrected chi connectivity index (χ4v) is 2.75. The number of amides is 1. The lowest BCUT2D eigenvalue weighted by Crippen LogP contribution is -2.41. The standard InChI is InChI=1S/C12H16N2O4S/c1-7-9(12(16)17-2)3-8(18-7)4-13-11(15)10-5-19-6-14-10/h3,10,14H,4-6H2,1-2H3,(H,13,15). The predicted octanol–water partition coefficient (Wildman–Crippen LogP) is 0.653. The summed E-state index contributed by atoms with van der Waals surface area (Å²) in [6.07, 6.45) is 0. The topological polar surface area (TPSA) is 80.6 Å². The van der Waals surface area contributed by atoms with Gasteiger partial charge in [0.15, 0.2) is 0 Å². The van der Waals surface area contributed by atoms with E-state index in [9.17, 15) is 9.59 Å². The molecule has 1 amide bonds. The molecule has 2 rings (SSSR count). The molecule has 2 N–H and O–H groups in total. The molecule has 0 bridgehead atoms. The Kier molecular flexibility index (Phi) is 4.49. The van der Waals surface area contributed by atoms with Gasteiger partial charge in [-0.05, 0) is 13.0 Å². The van der Waals surface area contributed by atoms with Crippen LogP contribution in [0.25, 0.3) is 0 Å². The van der Waals surface area contributed by atoms with E-state index in [1.54, 1.807) is 24.8 Å². The fourth-order valence-electron chi connectivity index (χ4n) is 1.80. The molecule has 2 heterocycles. The summed E-state index contributed by atoms with van der Waals surface area (Å²) >= 11 is 1.69. The summed E-state index contributed by atoms with van der Waals surface area (Å²) in [5.74, 6) is 2.11. The number of carbonyl (C=O) groups excluding carboxylic acids is 2. The van der Waals surface area contributed by atoms with Crippen LogP contribution in [-0.2, 0) is 16.1 Å². The summed E-state index contributed by atoms with van der Waals surface area (Å²) in [4.78, 5) is 23.2.